The van der Waals surface area contributed by atoms with Crippen molar-refractivity contribution in [3.05, 3.63) is 12.2 Å². The number of hydrogen-bond donors (Lipinski definition) is 4. The molecule has 0 aromatic rings. The maximum atomic E-state index is 11.5. The monoisotopic (exact) mass is 462 g/mol. The lowest BCUT2D eigenvalue weighted by Crippen LogP contribution is -2.64. The van der Waals surface area contributed by atoms with Gasteiger partial charge in [0.1, 0.15) is 0 Å². The molecule has 4 nitrogen and oxygen atoms in total. The van der Waals surface area contributed by atoms with Crippen LogP contribution >= 0.6 is 0 Å². The minimum Gasteiger partial charge on any atom is -0.396 e. The van der Waals surface area contributed by atoms with Gasteiger partial charge in [-0.05, 0) is 103 Å². The molecule has 4 saturated carbocycles. The first-order chi connectivity index (χ1) is 15.4. The normalized spacial score (nSPS) is 52.6. The molecule has 4 fully saturated rings. The van der Waals surface area contributed by atoms with E-state index in [1.54, 1.807) is 0 Å². The zero-order valence-electron chi connectivity index (χ0n) is 21.9. The summed E-state index contributed by atoms with van der Waals surface area (Å²) in [5, 5.41) is 42.7. The van der Waals surface area contributed by atoms with Gasteiger partial charge in [0, 0.05) is 6.61 Å². The molecule has 0 spiro atoms. The van der Waals surface area contributed by atoms with Gasteiger partial charge in [-0.1, -0.05) is 53.7 Å². The van der Waals surface area contributed by atoms with Crippen LogP contribution in [0, 0.1) is 57.7 Å². The van der Waals surface area contributed by atoms with Crippen molar-refractivity contribution in [2.24, 2.45) is 57.7 Å². The highest BCUT2D eigenvalue weighted by molar-refractivity contribution is 5.18. The van der Waals surface area contributed by atoms with Crippen LogP contribution in [0.2, 0.25) is 0 Å². The topological polar surface area (TPSA) is 80.9 Å². The molecule has 0 amide bonds. The highest BCUT2D eigenvalue weighted by Crippen LogP contribution is 2.72. The van der Waals surface area contributed by atoms with Crippen LogP contribution in [0.5, 0.6) is 0 Å². The fourth-order valence-corrected chi connectivity index (χ4v) is 9.84. The van der Waals surface area contributed by atoms with Gasteiger partial charge < -0.3 is 20.4 Å². The van der Waals surface area contributed by atoms with Crippen molar-refractivity contribution < 1.29 is 20.4 Å². The third-order valence-corrected chi connectivity index (χ3v) is 11.8. The summed E-state index contributed by atoms with van der Waals surface area (Å²) in [7, 11) is 0. The van der Waals surface area contributed by atoms with E-state index in [4.69, 9.17) is 0 Å². The molecular formula is C29H50O4. The van der Waals surface area contributed by atoms with Gasteiger partial charge in [0.2, 0.25) is 0 Å². The largest absolute Gasteiger partial charge is 0.396 e. The molecule has 0 radical (unpaired) electrons. The van der Waals surface area contributed by atoms with E-state index in [1.165, 1.54) is 0 Å². The van der Waals surface area contributed by atoms with Crippen LogP contribution in [0.3, 0.4) is 0 Å². The van der Waals surface area contributed by atoms with Gasteiger partial charge in [0.25, 0.3) is 0 Å². The Hall–Kier alpha value is -0.420. The Labute approximate surface area is 201 Å². The van der Waals surface area contributed by atoms with Crippen LogP contribution in [-0.2, 0) is 0 Å². The molecule has 33 heavy (non-hydrogen) atoms. The second kappa shape index (κ2) is 8.91. The van der Waals surface area contributed by atoms with Crippen LogP contribution in [0.25, 0.3) is 0 Å². The second-order valence-electron chi connectivity index (χ2n) is 13.6. The van der Waals surface area contributed by atoms with Crippen molar-refractivity contribution in [2.45, 2.75) is 105 Å². The summed E-state index contributed by atoms with van der Waals surface area (Å²) in [6.45, 7) is 14.0. The first-order valence-electron chi connectivity index (χ1n) is 13.7. The van der Waals surface area contributed by atoms with E-state index in [2.05, 4.69) is 53.7 Å². The summed E-state index contributed by atoms with van der Waals surface area (Å²) < 4.78 is 0. The van der Waals surface area contributed by atoms with Gasteiger partial charge in [0.05, 0.1) is 18.3 Å². The predicted octanol–water partition coefficient (Wildman–Crippen LogP) is 4.79. The molecule has 0 bridgehead atoms. The van der Waals surface area contributed by atoms with E-state index in [0.717, 1.165) is 44.9 Å². The van der Waals surface area contributed by atoms with Crippen molar-refractivity contribution in [2.75, 3.05) is 6.61 Å². The Morgan fingerprint density at radius 1 is 0.848 bits per heavy atom. The van der Waals surface area contributed by atoms with Gasteiger partial charge in [-0.2, -0.15) is 0 Å². The first kappa shape index (κ1) is 25.7. The SMILES string of the molecule is C[C@H](/C=C/[C@@H](C)[C@H]1C[C@@H](O)[C@@H]2[C@]1(C)CC[C@H]1[C@@]2(C)C[C@@H](O)[C@H]2C[C@@H](O)CC[C@]12C)[C@H](C)CO. The summed E-state index contributed by atoms with van der Waals surface area (Å²) in [6, 6.07) is 0. The summed E-state index contributed by atoms with van der Waals surface area (Å²) in [5.74, 6) is 2.28. The van der Waals surface area contributed by atoms with E-state index >= 15 is 0 Å². The Morgan fingerprint density at radius 2 is 1.52 bits per heavy atom. The number of rotatable bonds is 5. The average molecular weight is 463 g/mol. The zero-order valence-corrected chi connectivity index (χ0v) is 21.9. The molecule has 13 atom stereocenters. The van der Waals surface area contributed by atoms with Crippen molar-refractivity contribution in [1.29, 1.82) is 0 Å². The second-order valence-corrected chi connectivity index (χ2v) is 13.6. The molecule has 4 rings (SSSR count). The number of fused-ring (bicyclic) bond motifs is 5. The van der Waals surface area contributed by atoms with Gasteiger partial charge in [-0.25, -0.2) is 0 Å². The predicted molar refractivity (Wildman–Crippen MR) is 132 cm³/mol. The van der Waals surface area contributed by atoms with Crippen molar-refractivity contribution in [3.8, 4) is 0 Å². The Kier molecular flexibility index (Phi) is 6.93. The number of hydrogen-bond acceptors (Lipinski definition) is 4. The van der Waals surface area contributed by atoms with Gasteiger partial charge in [0.15, 0.2) is 0 Å². The lowest BCUT2D eigenvalue weighted by molar-refractivity contribution is -0.222. The third kappa shape index (κ3) is 3.96. The molecule has 4 heteroatoms. The Bertz CT molecular complexity index is 737. The van der Waals surface area contributed by atoms with Crippen molar-refractivity contribution in [1.82, 2.24) is 0 Å². The molecule has 0 heterocycles. The van der Waals surface area contributed by atoms with Crippen LogP contribution in [0.1, 0.15) is 86.5 Å². The smallest absolute Gasteiger partial charge is 0.0582 e. The summed E-state index contributed by atoms with van der Waals surface area (Å²) >= 11 is 0. The zero-order chi connectivity index (χ0) is 24.3. The lowest BCUT2D eigenvalue weighted by Gasteiger charge is -2.67. The van der Waals surface area contributed by atoms with E-state index < -0.39 is 6.10 Å². The van der Waals surface area contributed by atoms with Gasteiger partial charge in [-0.15, -0.1) is 0 Å². The molecule has 0 aromatic carbocycles. The number of allylic oxidation sites excluding steroid dienone is 2. The van der Waals surface area contributed by atoms with E-state index in [0.29, 0.717) is 23.7 Å². The average Bonchev–Trinajstić information content (AvgIpc) is 3.03. The highest BCUT2D eigenvalue weighted by atomic mass is 16.3. The number of aliphatic hydroxyl groups is 4. The standard InChI is InChI=1S/C29H50O4/c1-17(19(3)16-30)7-8-18(2)21-14-23(32)26-28(21,5)12-10-25-27(4)11-9-20(31)13-22(27)24(33)15-29(25,26)6/h7-8,17-26,30-33H,9-16H2,1-6H3/b8-7+/t17-,18-,19-,20+,21-,22-,23-,24-,25-,26-,27+,28-,29-/m1/s1. The Balaban J connectivity index is 1.61. The Morgan fingerprint density at radius 3 is 2.18 bits per heavy atom. The minimum atomic E-state index is -0.391. The van der Waals surface area contributed by atoms with E-state index in [-0.39, 0.29) is 52.8 Å². The molecule has 0 saturated heterocycles. The summed E-state index contributed by atoms with van der Waals surface area (Å²) in [4.78, 5) is 0. The maximum absolute atomic E-state index is 11.5. The lowest BCUT2D eigenvalue weighted by atomic mass is 9.38. The van der Waals surface area contributed by atoms with Crippen molar-refractivity contribution >= 4 is 0 Å². The van der Waals surface area contributed by atoms with E-state index in [9.17, 15) is 20.4 Å². The van der Waals surface area contributed by atoms with Crippen LogP contribution in [0.15, 0.2) is 12.2 Å². The first-order valence-corrected chi connectivity index (χ1v) is 13.7. The number of aliphatic hydroxyl groups excluding tert-OH is 4. The van der Waals surface area contributed by atoms with Gasteiger partial charge in [-0.3, -0.25) is 0 Å². The van der Waals surface area contributed by atoms with Crippen LogP contribution < -0.4 is 0 Å². The molecule has 190 valence electrons. The van der Waals surface area contributed by atoms with Crippen molar-refractivity contribution in [3.63, 3.8) is 0 Å². The van der Waals surface area contributed by atoms with E-state index in [1.807, 2.05) is 0 Å². The fourth-order valence-electron chi connectivity index (χ4n) is 9.84. The molecular weight excluding hydrogens is 412 g/mol. The van der Waals surface area contributed by atoms with Gasteiger partial charge >= 0.3 is 0 Å². The quantitative estimate of drug-likeness (QED) is 0.443. The molecule has 0 unspecified atom stereocenters. The summed E-state index contributed by atoms with van der Waals surface area (Å²) in [6.07, 6.45) is 10.1. The third-order valence-electron chi connectivity index (χ3n) is 11.8. The molecule has 0 aliphatic heterocycles. The van der Waals surface area contributed by atoms with Crippen LogP contribution in [-0.4, -0.2) is 45.3 Å². The minimum absolute atomic E-state index is 0.0478. The molecule has 4 aliphatic carbocycles. The molecule has 4 N–H and O–H groups in total. The maximum Gasteiger partial charge on any atom is 0.0582 e. The van der Waals surface area contributed by atoms with Crippen LogP contribution in [0.4, 0.5) is 0 Å². The summed E-state index contributed by atoms with van der Waals surface area (Å²) in [5.41, 5.74) is 0.0414. The molecule has 0 aromatic heterocycles. The molecule has 4 aliphatic rings. The highest BCUT2D eigenvalue weighted by Gasteiger charge is 2.69. The fraction of sp³-hybridized carbons (Fsp3) is 0.931.